The van der Waals surface area contributed by atoms with E-state index in [-0.39, 0.29) is 5.41 Å². The fraction of sp³-hybridized carbons (Fsp3) is 0.0714. The molecule has 8 aromatic rings. The van der Waals surface area contributed by atoms with Crippen LogP contribution in [0.4, 0.5) is 0 Å². The molecule has 3 heteroatoms. The van der Waals surface area contributed by atoms with Crippen molar-refractivity contribution in [3.05, 3.63) is 156 Å². The molecule has 1 aliphatic carbocycles. The Hall–Kier alpha value is -5.85. The maximum Gasteiger partial charge on any atom is 0.131 e. The summed E-state index contributed by atoms with van der Waals surface area (Å²) < 4.78 is 4.88. The Morgan fingerprint density at radius 3 is 1.76 bits per heavy atom. The number of aromatic nitrogens is 2. The van der Waals surface area contributed by atoms with Gasteiger partial charge in [-0.15, -0.1) is 0 Å². The predicted molar refractivity (Wildman–Crippen MR) is 185 cm³/mol. The quantitative estimate of drug-likeness (QED) is 0.206. The van der Waals surface area contributed by atoms with Crippen molar-refractivity contribution in [2.75, 3.05) is 0 Å². The molecule has 9 rings (SSSR count). The van der Waals surface area contributed by atoms with Crippen molar-refractivity contribution < 1.29 is 0 Å². The average molecular weight is 576 g/mol. The van der Waals surface area contributed by atoms with Gasteiger partial charge in [-0.05, 0) is 88.0 Å². The number of fused-ring (bicyclic) bond motifs is 8. The highest BCUT2D eigenvalue weighted by molar-refractivity contribution is 6.22. The Kier molecular flexibility index (Phi) is 5.31. The van der Waals surface area contributed by atoms with Gasteiger partial charge >= 0.3 is 0 Å². The molecule has 6 aromatic carbocycles. The molecule has 2 aromatic heterocycles. The summed E-state index contributed by atoms with van der Waals surface area (Å²) >= 11 is 0. The summed E-state index contributed by atoms with van der Waals surface area (Å²) in [5.41, 5.74) is 13.9. The summed E-state index contributed by atoms with van der Waals surface area (Å²) in [5, 5.41) is 13.1. The van der Waals surface area contributed by atoms with E-state index < -0.39 is 0 Å². The minimum Gasteiger partial charge on any atom is -0.295 e. The van der Waals surface area contributed by atoms with Gasteiger partial charge in [-0.2, -0.15) is 5.26 Å². The molecule has 45 heavy (non-hydrogen) atoms. The van der Waals surface area contributed by atoms with Gasteiger partial charge < -0.3 is 0 Å². The number of hydrogen-bond donors (Lipinski definition) is 0. The highest BCUT2D eigenvalue weighted by Crippen LogP contribution is 2.51. The number of nitriles is 1. The fourth-order valence-corrected chi connectivity index (χ4v) is 7.58. The van der Waals surface area contributed by atoms with Crippen LogP contribution in [0.1, 0.15) is 30.5 Å². The van der Waals surface area contributed by atoms with Gasteiger partial charge in [0, 0.05) is 32.9 Å². The van der Waals surface area contributed by atoms with Crippen LogP contribution in [0.15, 0.2) is 140 Å². The normalized spacial score (nSPS) is 13.3. The van der Waals surface area contributed by atoms with Crippen LogP contribution < -0.4 is 0 Å². The predicted octanol–water partition coefficient (Wildman–Crippen LogP) is 10.6. The lowest BCUT2D eigenvalue weighted by Crippen LogP contribution is -2.15. The summed E-state index contributed by atoms with van der Waals surface area (Å²) in [4.78, 5) is 0. The smallest absolute Gasteiger partial charge is 0.131 e. The molecular weight excluding hydrogens is 546 g/mol. The van der Waals surface area contributed by atoms with Crippen molar-refractivity contribution in [1.82, 2.24) is 9.13 Å². The van der Waals surface area contributed by atoms with E-state index in [9.17, 15) is 5.26 Å². The fourth-order valence-electron chi connectivity index (χ4n) is 7.58. The van der Waals surface area contributed by atoms with Gasteiger partial charge in [-0.25, -0.2) is 0 Å². The minimum atomic E-state index is -0.183. The van der Waals surface area contributed by atoms with E-state index in [1.165, 1.54) is 60.7 Å². The standard InChI is InChI=1S/C42H29N3/c1-42(2)36-24-29(28-18-16-27(26-43)17-19-28)20-22-32(36)33-23-21-31(25-37(33)42)45-39-15-9-7-13-35(39)40-34-12-6-8-14-38(34)44(41(40)45)30-10-4-3-5-11-30/h3-25H,1-2H3. The number of rotatable bonds is 3. The van der Waals surface area contributed by atoms with Gasteiger partial charge in [-0.3, -0.25) is 9.13 Å². The van der Waals surface area contributed by atoms with E-state index in [1.807, 2.05) is 24.3 Å². The molecule has 0 unspecified atom stereocenters. The van der Waals surface area contributed by atoms with Crippen molar-refractivity contribution in [1.29, 1.82) is 5.26 Å². The summed E-state index contributed by atoms with van der Waals surface area (Å²) in [6, 6.07) is 52.2. The Labute approximate surface area is 261 Å². The van der Waals surface area contributed by atoms with Crippen molar-refractivity contribution in [2.45, 2.75) is 19.3 Å². The van der Waals surface area contributed by atoms with Crippen LogP contribution in [0.5, 0.6) is 0 Å². The highest BCUT2D eigenvalue weighted by Gasteiger charge is 2.36. The summed E-state index contributed by atoms with van der Waals surface area (Å²) in [7, 11) is 0. The lowest BCUT2D eigenvalue weighted by atomic mass is 9.81. The van der Waals surface area contributed by atoms with Crippen LogP contribution in [-0.2, 0) is 5.41 Å². The van der Waals surface area contributed by atoms with Gasteiger partial charge in [0.1, 0.15) is 5.65 Å². The topological polar surface area (TPSA) is 33.6 Å². The van der Waals surface area contributed by atoms with E-state index in [4.69, 9.17) is 0 Å². The summed E-state index contributed by atoms with van der Waals surface area (Å²) in [5.74, 6) is 0. The molecule has 3 nitrogen and oxygen atoms in total. The molecule has 0 spiro atoms. The zero-order chi connectivity index (χ0) is 30.3. The van der Waals surface area contributed by atoms with Gasteiger partial charge in [0.25, 0.3) is 0 Å². The van der Waals surface area contributed by atoms with Gasteiger partial charge in [0.2, 0.25) is 0 Å². The number of para-hydroxylation sites is 3. The Morgan fingerprint density at radius 1 is 0.533 bits per heavy atom. The maximum atomic E-state index is 9.26. The molecule has 0 radical (unpaired) electrons. The highest BCUT2D eigenvalue weighted by atomic mass is 15.1. The molecule has 0 bridgehead atoms. The largest absolute Gasteiger partial charge is 0.295 e. The molecule has 0 atom stereocenters. The third-order valence-corrected chi connectivity index (χ3v) is 9.76. The van der Waals surface area contributed by atoms with E-state index in [0.717, 1.165) is 16.9 Å². The summed E-state index contributed by atoms with van der Waals surface area (Å²) in [6.45, 7) is 4.68. The number of hydrogen-bond acceptors (Lipinski definition) is 1. The first-order chi connectivity index (χ1) is 22.0. The second kappa shape index (κ2) is 9.32. The second-order valence-electron chi connectivity index (χ2n) is 12.5. The number of benzene rings is 6. The molecule has 212 valence electrons. The molecule has 0 aliphatic heterocycles. The first-order valence-electron chi connectivity index (χ1n) is 15.4. The van der Waals surface area contributed by atoms with Crippen molar-refractivity contribution in [2.24, 2.45) is 0 Å². The van der Waals surface area contributed by atoms with Crippen LogP contribution in [-0.4, -0.2) is 9.13 Å². The second-order valence-corrected chi connectivity index (χ2v) is 12.5. The lowest BCUT2D eigenvalue weighted by molar-refractivity contribution is 0.660. The molecule has 0 N–H and O–H groups in total. The minimum absolute atomic E-state index is 0.183. The molecule has 0 amide bonds. The Balaban J connectivity index is 1.28. The van der Waals surface area contributed by atoms with E-state index in [2.05, 4.69) is 144 Å². The average Bonchev–Trinajstić information content (AvgIpc) is 3.68. The third kappa shape index (κ3) is 3.57. The van der Waals surface area contributed by atoms with Crippen LogP contribution >= 0.6 is 0 Å². The zero-order valence-corrected chi connectivity index (χ0v) is 25.1. The van der Waals surface area contributed by atoms with Crippen LogP contribution in [0.2, 0.25) is 0 Å². The molecule has 2 heterocycles. The van der Waals surface area contributed by atoms with Crippen LogP contribution in [0, 0.1) is 11.3 Å². The van der Waals surface area contributed by atoms with E-state index in [1.54, 1.807) is 0 Å². The van der Waals surface area contributed by atoms with Gasteiger partial charge in [0.05, 0.1) is 22.7 Å². The maximum absolute atomic E-state index is 9.26. The molecular formula is C42H29N3. The van der Waals surface area contributed by atoms with Gasteiger partial charge in [-0.1, -0.05) is 98.8 Å². The first kappa shape index (κ1) is 25.6. The third-order valence-electron chi connectivity index (χ3n) is 9.76. The monoisotopic (exact) mass is 575 g/mol. The van der Waals surface area contributed by atoms with E-state index >= 15 is 0 Å². The van der Waals surface area contributed by atoms with Crippen molar-refractivity contribution >= 4 is 32.8 Å². The Morgan fingerprint density at radius 2 is 1.09 bits per heavy atom. The first-order valence-corrected chi connectivity index (χ1v) is 15.4. The summed E-state index contributed by atoms with van der Waals surface area (Å²) in [6.07, 6.45) is 0. The van der Waals surface area contributed by atoms with Gasteiger partial charge in [0.15, 0.2) is 0 Å². The van der Waals surface area contributed by atoms with Crippen molar-refractivity contribution in [3.63, 3.8) is 0 Å². The lowest BCUT2D eigenvalue weighted by Gasteiger charge is -2.23. The van der Waals surface area contributed by atoms with Crippen LogP contribution in [0.3, 0.4) is 0 Å². The number of nitrogens with zero attached hydrogens (tertiary/aromatic N) is 3. The molecule has 1 aliphatic rings. The molecule has 0 saturated carbocycles. The van der Waals surface area contributed by atoms with Crippen LogP contribution in [0.25, 0.3) is 66.5 Å². The van der Waals surface area contributed by atoms with Crippen molar-refractivity contribution in [3.8, 4) is 39.7 Å². The molecule has 0 saturated heterocycles. The Bertz CT molecular complexity index is 2500. The SMILES string of the molecule is CC1(C)c2cc(-c3ccc(C#N)cc3)ccc2-c2ccc(-n3c4ccccc4c4c5ccccc5n(-c5ccccc5)c43)cc21. The zero-order valence-electron chi connectivity index (χ0n) is 25.1. The molecule has 0 fully saturated rings. The van der Waals surface area contributed by atoms with E-state index in [0.29, 0.717) is 5.56 Å².